The van der Waals surface area contributed by atoms with Crippen LogP contribution in [0, 0.1) is 5.41 Å². The summed E-state index contributed by atoms with van der Waals surface area (Å²) in [4.78, 5) is 11.8. The fourth-order valence-electron chi connectivity index (χ4n) is 1.98. The van der Waals surface area contributed by atoms with Crippen LogP contribution >= 0.6 is 11.8 Å². The summed E-state index contributed by atoms with van der Waals surface area (Å²) in [6.07, 6.45) is 3.18. The highest BCUT2D eigenvalue weighted by atomic mass is 32.2. The maximum atomic E-state index is 11.7. The highest BCUT2D eigenvalue weighted by molar-refractivity contribution is 8.00. The quantitative estimate of drug-likeness (QED) is 0.817. The lowest BCUT2D eigenvalue weighted by Gasteiger charge is -2.13. The zero-order valence-corrected chi connectivity index (χ0v) is 12.3. The number of hydrogen-bond acceptors (Lipinski definition) is 4. The molecule has 19 heavy (non-hydrogen) atoms. The molecule has 0 amide bonds. The smallest absolute Gasteiger partial charge is 0.303 e. The van der Waals surface area contributed by atoms with Gasteiger partial charge in [0.25, 0.3) is 0 Å². The van der Waals surface area contributed by atoms with Gasteiger partial charge < -0.3 is 5.11 Å². The molecule has 1 aromatic rings. The van der Waals surface area contributed by atoms with Gasteiger partial charge in [0.1, 0.15) is 0 Å². The predicted octanol–water partition coefficient (Wildman–Crippen LogP) is 2.44. The van der Waals surface area contributed by atoms with Gasteiger partial charge in [-0.2, -0.15) is 0 Å². The van der Waals surface area contributed by atoms with E-state index < -0.39 is 15.8 Å². The van der Waals surface area contributed by atoms with Crippen LogP contribution in [0.5, 0.6) is 0 Å². The number of hydrogen-bond donors (Lipinski definition) is 1. The molecule has 0 unspecified atom stereocenters. The third-order valence-corrected chi connectivity index (χ3v) is 5.97. The van der Waals surface area contributed by atoms with Crippen molar-refractivity contribution in [3.63, 3.8) is 0 Å². The largest absolute Gasteiger partial charge is 0.481 e. The van der Waals surface area contributed by atoms with Gasteiger partial charge in [0.05, 0.1) is 11.3 Å². The lowest BCUT2D eigenvalue weighted by molar-refractivity contribution is -0.138. The van der Waals surface area contributed by atoms with Gasteiger partial charge in [0.15, 0.2) is 9.84 Å². The van der Waals surface area contributed by atoms with Gasteiger partial charge in [0.2, 0.25) is 0 Å². The Morgan fingerprint density at radius 3 is 2.53 bits per heavy atom. The highest BCUT2D eigenvalue weighted by Gasteiger charge is 2.44. The molecule has 1 aromatic carbocycles. The lowest BCUT2D eigenvalue weighted by Crippen LogP contribution is -2.11. The second kappa shape index (κ2) is 5.17. The molecular weight excluding hydrogens is 284 g/mol. The third kappa shape index (κ3) is 3.73. The van der Waals surface area contributed by atoms with E-state index in [2.05, 4.69) is 0 Å². The van der Waals surface area contributed by atoms with Gasteiger partial charge in [-0.05, 0) is 30.4 Å². The summed E-state index contributed by atoms with van der Waals surface area (Å²) in [6, 6.07) is 6.87. The second-order valence-electron chi connectivity index (χ2n) is 5.08. The van der Waals surface area contributed by atoms with Crippen molar-refractivity contribution in [2.75, 3.05) is 12.0 Å². The molecule has 4 nitrogen and oxygen atoms in total. The standard InChI is InChI=1S/C13H16O4S2/c1-19(16,17)11-5-3-2-4-10(11)18-9-13(6-7-13)8-12(14)15/h2-5H,6-9H2,1H3,(H,14,15). The van der Waals surface area contributed by atoms with Crippen molar-refractivity contribution in [1.29, 1.82) is 0 Å². The van der Waals surface area contributed by atoms with Crippen molar-refractivity contribution in [1.82, 2.24) is 0 Å². The van der Waals surface area contributed by atoms with Crippen molar-refractivity contribution in [3.8, 4) is 0 Å². The van der Waals surface area contributed by atoms with Crippen LogP contribution in [0.1, 0.15) is 19.3 Å². The van der Waals surface area contributed by atoms with Crippen LogP contribution in [0.2, 0.25) is 0 Å². The number of carboxylic acids is 1. The van der Waals surface area contributed by atoms with E-state index in [0.717, 1.165) is 12.8 Å². The molecule has 0 saturated heterocycles. The van der Waals surface area contributed by atoms with Crippen molar-refractivity contribution >= 4 is 27.6 Å². The molecule has 1 fully saturated rings. The van der Waals surface area contributed by atoms with Crippen molar-refractivity contribution in [3.05, 3.63) is 24.3 Å². The van der Waals surface area contributed by atoms with Crippen molar-refractivity contribution in [2.24, 2.45) is 5.41 Å². The minimum atomic E-state index is -3.24. The zero-order chi connectivity index (χ0) is 14.1. The summed E-state index contributed by atoms with van der Waals surface area (Å²) in [7, 11) is -3.24. The molecule has 1 aliphatic carbocycles. The van der Waals surface area contributed by atoms with Crippen LogP contribution in [0.25, 0.3) is 0 Å². The Balaban J connectivity index is 2.11. The molecule has 104 valence electrons. The number of carboxylic acid groups (broad SMARTS) is 1. The summed E-state index contributed by atoms with van der Waals surface area (Å²) < 4.78 is 23.3. The highest BCUT2D eigenvalue weighted by Crippen LogP contribution is 2.52. The summed E-state index contributed by atoms with van der Waals surface area (Å²) in [5.74, 6) is -0.124. The van der Waals surface area contributed by atoms with Crippen LogP contribution < -0.4 is 0 Å². The first-order valence-corrected chi connectivity index (χ1v) is 8.84. The second-order valence-corrected chi connectivity index (χ2v) is 8.08. The minimum Gasteiger partial charge on any atom is -0.481 e. The maximum absolute atomic E-state index is 11.7. The third-order valence-electron chi connectivity index (χ3n) is 3.27. The molecular formula is C13H16O4S2. The van der Waals surface area contributed by atoms with Crippen LogP contribution in [0.15, 0.2) is 34.1 Å². The average Bonchev–Trinajstić information content (AvgIpc) is 3.05. The summed E-state index contributed by atoms with van der Waals surface area (Å²) >= 11 is 1.44. The molecule has 1 saturated carbocycles. The number of benzene rings is 1. The normalized spacial score (nSPS) is 17.1. The Bertz CT molecular complexity index is 588. The first-order valence-electron chi connectivity index (χ1n) is 5.96. The Kier molecular flexibility index (Phi) is 3.92. The molecule has 1 aliphatic rings. The van der Waals surface area contributed by atoms with E-state index in [9.17, 15) is 13.2 Å². The molecule has 6 heteroatoms. The molecule has 0 spiro atoms. The van der Waals surface area contributed by atoms with Gasteiger partial charge in [0, 0.05) is 16.9 Å². The number of rotatable bonds is 6. The van der Waals surface area contributed by atoms with Gasteiger partial charge in [-0.15, -0.1) is 11.8 Å². The first-order chi connectivity index (χ1) is 8.82. The SMILES string of the molecule is CS(=O)(=O)c1ccccc1SCC1(CC(=O)O)CC1. The Hall–Kier alpha value is -1.01. The van der Waals surface area contributed by atoms with E-state index in [1.807, 2.05) is 0 Å². The van der Waals surface area contributed by atoms with E-state index in [4.69, 9.17) is 5.11 Å². The van der Waals surface area contributed by atoms with Crippen LogP contribution in [-0.2, 0) is 14.6 Å². The van der Waals surface area contributed by atoms with E-state index in [0.29, 0.717) is 15.5 Å². The van der Waals surface area contributed by atoms with Crippen LogP contribution in [-0.4, -0.2) is 31.5 Å². The van der Waals surface area contributed by atoms with Gasteiger partial charge >= 0.3 is 5.97 Å². The maximum Gasteiger partial charge on any atom is 0.303 e. The number of carbonyl (C=O) groups is 1. The zero-order valence-electron chi connectivity index (χ0n) is 10.6. The minimum absolute atomic E-state index is 0.138. The molecule has 0 radical (unpaired) electrons. The van der Waals surface area contributed by atoms with E-state index in [1.54, 1.807) is 24.3 Å². The predicted molar refractivity (Wildman–Crippen MR) is 74.2 cm³/mol. The first kappa shape index (κ1) is 14.4. The summed E-state index contributed by atoms with van der Waals surface area (Å²) in [6.45, 7) is 0. The van der Waals surface area contributed by atoms with E-state index in [1.165, 1.54) is 18.0 Å². The topological polar surface area (TPSA) is 71.4 Å². The number of thioether (sulfide) groups is 1. The summed E-state index contributed by atoms with van der Waals surface area (Å²) in [5.41, 5.74) is -0.138. The van der Waals surface area contributed by atoms with Crippen LogP contribution in [0.3, 0.4) is 0 Å². The Morgan fingerprint density at radius 2 is 2.00 bits per heavy atom. The Morgan fingerprint density at radius 1 is 1.37 bits per heavy atom. The molecule has 2 rings (SSSR count). The van der Waals surface area contributed by atoms with E-state index >= 15 is 0 Å². The molecule has 0 aliphatic heterocycles. The molecule has 1 N–H and O–H groups in total. The lowest BCUT2D eigenvalue weighted by atomic mass is 10.1. The van der Waals surface area contributed by atoms with Crippen molar-refractivity contribution in [2.45, 2.75) is 29.1 Å². The Labute approximate surface area is 117 Å². The van der Waals surface area contributed by atoms with Gasteiger partial charge in [-0.25, -0.2) is 8.42 Å². The van der Waals surface area contributed by atoms with Gasteiger partial charge in [-0.1, -0.05) is 12.1 Å². The molecule has 0 atom stereocenters. The monoisotopic (exact) mass is 300 g/mol. The fourth-order valence-corrected chi connectivity index (χ4v) is 4.60. The molecule has 0 bridgehead atoms. The van der Waals surface area contributed by atoms with E-state index in [-0.39, 0.29) is 11.8 Å². The van der Waals surface area contributed by atoms with Crippen molar-refractivity contribution < 1.29 is 18.3 Å². The number of sulfone groups is 1. The molecule has 0 heterocycles. The average molecular weight is 300 g/mol. The molecule has 0 aromatic heterocycles. The van der Waals surface area contributed by atoms with Crippen LogP contribution in [0.4, 0.5) is 0 Å². The van der Waals surface area contributed by atoms with Gasteiger partial charge in [-0.3, -0.25) is 4.79 Å². The number of aliphatic carboxylic acids is 1. The fraction of sp³-hybridized carbons (Fsp3) is 0.462. The summed E-state index contributed by atoms with van der Waals surface area (Å²) in [5, 5.41) is 8.87.